The van der Waals surface area contributed by atoms with Crippen LogP contribution in [0, 0.1) is 18.3 Å². The maximum Gasteiger partial charge on any atom is 0.314 e. The van der Waals surface area contributed by atoms with Crippen molar-refractivity contribution in [3.05, 3.63) is 83.8 Å². The van der Waals surface area contributed by atoms with Crippen molar-refractivity contribution in [2.24, 2.45) is 0 Å². The number of nitrogen functional groups attached to an aromatic ring is 1. The SMILES string of the molecule is Cc1ccncc1-c1cc(N)c2cnc(NC(=O)C(=O)NC3(c4ccc(C#N)cc4)CC3)cc2c1. The lowest BCUT2D eigenvalue weighted by Gasteiger charge is -2.17. The lowest BCUT2D eigenvalue weighted by atomic mass is 9.99. The molecular formula is C27H22N6O2. The first-order valence-corrected chi connectivity index (χ1v) is 11.1. The molecule has 2 heterocycles. The molecule has 1 saturated carbocycles. The number of benzene rings is 2. The highest BCUT2D eigenvalue weighted by Gasteiger charge is 2.46. The number of nitrogens with two attached hydrogens (primary N) is 1. The molecule has 172 valence electrons. The van der Waals surface area contributed by atoms with E-state index in [-0.39, 0.29) is 5.82 Å². The molecule has 0 atom stereocenters. The van der Waals surface area contributed by atoms with Gasteiger partial charge in [0.05, 0.1) is 17.2 Å². The average Bonchev–Trinajstić information content (AvgIpc) is 3.64. The van der Waals surface area contributed by atoms with Gasteiger partial charge < -0.3 is 16.4 Å². The fourth-order valence-corrected chi connectivity index (χ4v) is 4.20. The zero-order valence-electron chi connectivity index (χ0n) is 19.0. The highest BCUT2D eigenvalue weighted by atomic mass is 16.2. The molecule has 1 aliphatic rings. The number of fused-ring (bicyclic) bond motifs is 1. The van der Waals surface area contributed by atoms with Crippen molar-refractivity contribution in [1.29, 1.82) is 5.26 Å². The minimum absolute atomic E-state index is 0.250. The van der Waals surface area contributed by atoms with Crippen molar-refractivity contribution in [2.75, 3.05) is 11.1 Å². The fourth-order valence-electron chi connectivity index (χ4n) is 4.20. The standard InChI is InChI=1S/C27H22N6O2/c1-16-6-9-30-14-21(16)18-10-19-12-24(31-15-22(19)23(29)11-18)32-25(34)26(35)33-27(7-8-27)20-4-2-17(13-28)3-5-20/h2-6,9-12,14-15H,7-8,29H2,1H3,(H,33,35)(H,31,32,34). The van der Waals surface area contributed by atoms with Crippen LogP contribution in [0.4, 0.5) is 11.5 Å². The van der Waals surface area contributed by atoms with Crippen LogP contribution in [0.2, 0.25) is 0 Å². The summed E-state index contributed by atoms with van der Waals surface area (Å²) in [7, 11) is 0. The highest BCUT2D eigenvalue weighted by Crippen LogP contribution is 2.45. The van der Waals surface area contributed by atoms with Gasteiger partial charge in [-0.05, 0) is 78.2 Å². The van der Waals surface area contributed by atoms with Crippen LogP contribution >= 0.6 is 0 Å². The van der Waals surface area contributed by atoms with Gasteiger partial charge in [0, 0.05) is 35.2 Å². The highest BCUT2D eigenvalue weighted by molar-refractivity contribution is 6.39. The van der Waals surface area contributed by atoms with Crippen molar-refractivity contribution < 1.29 is 9.59 Å². The smallest absolute Gasteiger partial charge is 0.314 e. The number of anilines is 2. The maximum atomic E-state index is 12.7. The van der Waals surface area contributed by atoms with Gasteiger partial charge >= 0.3 is 11.8 Å². The number of carbonyl (C=O) groups is 2. The van der Waals surface area contributed by atoms with Crippen molar-refractivity contribution >= 4 is 34.1 Å². The Balaban J connectivity index is 1.35. The molecule has 0 aliphatic heterocycles. The first-order chi connectivity index (χ1) is 16.9. The number of aryl methyl sites for hydroxylation is 1. The number of amides is 2. The van der Waals surface area contributed by atoms with Gasteiger partial charge in [0.15, 0.2) is 0 Å². The van der Waals surface area contributed by atoms with Gasteiger partial charge in [0.25, 0.3) is 0 Å². The van der Waals surface area contributed by atoms with Crippen LogP contribution < -0.4 is 16.4 Å². The molecule has 0 saturated heterocycles. The van der Waals surface area contributed by atoms with E-state index in [2.05, 4.69) is 26.7 Å². The topological polar surface area (TPSA) is 134 Å². The van der Waals surface area contributed by atoms with Crippen LogP contribution in [0.3, 0.4) is 0 Å². The summed E-state index contributed by atoms with van der Waals surface area (Å²) in [6.45, 7) is 2.00. The van der Waals surface area contributed by atoms with Gasteiger partial charge in [-0.25, -0.2) is 4.98 Å². The molecular weight excluding hydrogens is 440 g/mol. The van der Waals surface area contributed by atoms with Crippen molar-refractivity contribution in [2.45, 2.75) is 25.3 Å². The molecule has 2 aromatic carbocycles. The number of carbonyl (C=O) groups excluding carboxylic acids is 2. The van der Waals surface area contributed by atoms with E-state index in [1.807, 2.05) is 25.1 Å². The minimum atomic E-state index is -0.802. The second-order valence-corrected chi connectivity index (χ2v) is 8.73. The van der Waals surface area contributed by atoms with Crippen LogP contribution in [0.25, 0.3) is 21.9 Å². The number of pyridine rings is 2. The Morgan fingerprint density at radius 3 is 2.51 bits per heavy atom. The van der Waals surface area contributed by atoms with Crippen molar-refractivity contribution in [1.82, 2.24) is 15.3 Å². The molecule has 0 radical (unpaired) electrons. The quantitative estimate of drug-likeness (QED) is 0.312. The zero-order chi connectivity index (χ0) is 24.6. The molecule has 8 heteroatoms. The number of nitrogens with one attached hydrogen (secondary N) is 2. The van der Waals surface area contributed by atoms with Gasteiger partial charge in [0.1, 0.15) is 5.82 Å². The number of hydrogen-bond donors (Lipinski definition) is 3. The van der Waals surface area contributed by atoms with E-state index in [1.54, 1.807) is 48.9 Å². The summed E-state index contributed by atoms with van der Waals surface area (Å²) in [4.78, 5) is 33.8. The van der Waals surface area contributed by atoms with E-state index >= 15 is 0 Å². The van der Waals surface area contributed by atoms with Gasteiger partial charge in [0.2, 0.25) is 0 Å². The van der Waals surface area contributed by atoms with Crippen molar-refractivity contribution in [3.63, 3.8) is 0 Å². The van der Waals surface area contributed by atoms with Crippen LogP contribution in [0.15, 0.2) is 67.1 Å². The Labute approximate surface area is 201 Å². The summed E-state index contributed by atoms with van der Waals surface area (Å²) in [6.07, 6.45) is 6.55. The Hall–Kier alpha value is -4.77. The fraction of sp³-hybridized carbons (Fsp3) is 0.148. The monoisotopic (exact) mass is 462 g/mol. The second-order valence-electron chi connectivity index (χ2n) is 8.73. The van der Waals surface area contributed by atoms with Crippen LogP contribution in [0.5, 0.6) is 0 Å². The third-order valence-electron chi connectivity index (χ3n) is 6.34. The number of rotatable bonds is 4. The van der Waals surface area contributed by atoms with E-state index in [4.69, 9.17) is 11.0 Å². The molecule has 1 fully saturated rings. The van der Waals surface area contributed by atoms with E-state index in [0.717, 1.165) is 45.9 Å². The van der Waals surface area contributed by atoms with E-state index < -0.39 is 17.4 Å². The Morgan fingerprint density at radius 2 is 1.83 bits per heavy atom. The lowest BCUT2D eigenvalue weighted by Crippen LogP contribution is -2.42. The third kappa shape index (κ3) is 4.27. The van der Waals surface area contributed by atoms with E-state index in [0.29, 0.717) is 11.3 Å². The van der Waals surface area contributed by atoms with E-state index in [1.165, 1.54) is 0 Å². The average molecular weight is 463 g/mol. The normalized spacial score (nSPS) is 13.6. The Morgan fingerprint density at radius 1 is 1.06 bits per heavy atom. The number of nitriles is 1. The predicted octanol–water partition coefficient (Wildman–Crippen LogP) is 3.80. The molecule has 0 unspecified atom stereocenters. The minimum Gasteiger partial charge on any atom is -0.398 e. The van der Waals surface area contributed by atoms with Gasteiger partial charge in [-0.1, -0.05) is 12.1 Å². The molecule has 4 N–H and O–H groups in total. The first-order valence-electron chi connectivity index (χ1n) is 11.1. The summed E-state index contributed by atoms with van der Waals surface area (Å²) < 4.78 is 0. The second kappa shape index (κ2) is 8.54. The van der Waals surface area contributed by atoms with Crippen LogP contribution in [0.1, 0.15) is 29.5 Å². The Bertz CT molecular complexity index is 1520. The summed E-state index contributed by atoms with van der Waals surface area (Å²) in [5.41, 5.74) is 10.6. The molecule has 2 aromatic heterocycles. The maximum absolute atomic E-state index is 12.7. The zero-order valence-corrected chi connectivity index (χ0v) is 19.0. The molecule has 8 nitrogen and oxygen atoms in total. The van der Waals surface area contributed by atoms with Gasteiger partial charge in [-0.3, -0.25) is 14.6 Å². The largest absolute Gasteiger partial charge is 0.398 e. The molecule has 4 aromatic rings. The van der Waals surface area contributed by atoms with Gasteiger partial charge in [-0.2, -0.15) is 5.26 Å². The predicted molar refractivity (Wildman–Crippen MR) is 133 cm³/mol. The van der Waals surface area contributed by atoms with Gasteiger partial charge in [-0.15, -0.1) is 0 Å². The molecule has 35 heavy (non-hydrogen) atoms. The summed E-state index contributed by atoms with van der Waals surface area (Å²) in [5.74, 6) is -1.29. The van der Waals surface area contributed by atoms with Crippen LogP contribution in [-0.2, 0) is 15.1 Å². The third-order valence-corrected chi connectivity index (χ3v) is 6.34. The number of hydrogen-bond acceptors (Lipinski definition) is 6. The van der Waals surface area contributed by atoms with Crippen molar-refractivity contribution in [3.8, 4) is 17.2 Å². The molecule has 0 spiro atoms. The molecule has 2 amide bonds. The Kier molecular flexibility index (Phi) is 5.38. The molecule has 1 aliphatic carbocycles. The van der Waals surface area contributed by atoms with E-state index in [9.17, 15) is 9.59 Å². The van der Waals surface area contributed by atoms with Crippen LogP contribution in [-0.4, -0.2) is 21.8 Å². The number of nitrogens with zero attached hydrogens (tertiary/aromatic N) is 3. The first kappa shape index (κ1) is 22.0. The summed E-state index contributed by atoms with van der Waals surface area (Å²) >= 11 is 0. The summed E-state index contributed by atoms with van der Waals surface area (Å²) in [6, 6.07) is 16.5. The number of aromatic nitrogens is 2. The summed E-state index contributed by atoms with van der Waals surface area (Å²) in [5, 5.41) is 15.9. The lowest BCUT2D eigenvalue weighted by molar-refractivity contribution is -0.136. The molecule has 5 rings (SSSR count). The molecule has 0 bridgehead atoms.